The minimum Gasteiger partial charge on any atom is -0.469 e. The summed E-state index contributed by atoms with van der Waals surface area (Å²) in [5.41, 5.74) is -0.293. The number of esters is 4. The smallest absolute Gasteiger partial charge is 0.311 e. The molecule has 17 atom stereocenters. The first-order valence-electron chi connectivity index (χ1n) is 39.3. The lowest BCUT2D eigenvalue weighted by molar-refractivity contribution is -0.258. The third-order valence-corrected chi connectivity index (χ3v) is 29.4. The van der Waals surface area contributed by atoms with Crippen LogP contribution in [0.1, 0.15) is 327 Å². The molecule has 13 fully saturated rings. The number of carbonyl (C=O) groups is 5. The second-order valence-corrected chi connectivity index (χ2v) is 38.0. The predicted molar refractivity (Wildman–Crippen MR) is 385 cm³/mol. The minimum atomic E-state index is -0.787. The van der Waals surface area contributed by atoms with Crippen molar-refractivity contribution in [2.45, 2.75) is 357 Å². The molecule has 0 heterocycles. The lowest BCUT2D eigenvalue weighted by Crippen LogP contribution is -2.67. The van der Waals surface area contributed by atoms with Crippen molar-refractivity contribution in [2.24, 2.45) is 120 Å². The van der Waals surface area contributed by atoms with Gasteiger partial charge in [0.25, 0.3) is 0 Å². The second-order valence-electron chi connectivity index (χ2n) is 38.0. The minimum absolute atomic E-state index is 0.0120. The van der Waals surface area contributed by atoms with Crippen LogP contribution in [0.4, 0.5) is 0 Å². The molecule has 550 valence electrons. The van der Waals surface area contributed by atoms with Crippen LogP contribution in [0, 0.1) is 120 Å². The standard InChI is InChI=1S/C18H32O4.C18H30O2.C16H29NO.C16H28O2.C8H14.C7H14O2/c1-7-16(2,3)15(19)22-9-8-21-14-11-12-10-13(17(12,4)5)18(14,6)20;1-4-18(2,3)17(19)20-15-11-13-9-5-7-12-8-6-10-14(15)16(12)13;1-7-15(3,4)14(18)17-13-9-11-8-12(10(13)2)16(11,5)6;1-7-15(5,6)14(17)18-13-9-16(10(2)3)8-12(16)11(13)4;1-2-4-8(5-3-1)6-7-8;1-5-7(2,3)6(8)9-4/h12-14,20H,7-11H2,1-6H3;12-16H,4-11H2,1-3H3;10-13H,7-9H2,1-6H3,(H,17,18);10-13H,7-9H2,1-6H3;1-7H2;5H2,1-4H3/t12?,13-,14?,18-;;10?,11?,12-,13-;11?,12?,13?,16-;;/m0.10../s1. The maximum atomic E-state index is 12.4. The second kappa shape index (κ2) is 31.7. The number of hydrogen-bond donors (Lipinski definition) is 2. The largest absolute Gasteiger partial charge is 0.469 e. The number of ether oxygens (including phenoxy) is 5. The third kappa shape index (κ3) is 18.5. The number of carbonyl (C=O) groups excluding carboxylic acids is 5. The highest BCUT2D eigenvalue weighted by Crippen LogP contribution is 2.70. The van der Waals surface area contributed by atoms with E-state index in [0.29, 0.717) is 59.0 Å². The number of methoxy groups -OCH3 is 1. The van der Waals surface area contributed by atoms with Gasteiger partial charge >= 0.3 is 23.9 Å². The molecular formula is C83H147NO11. The summed E-state index contributed by atoms with van der Waals surface area (Å²) < 4.78 is 27.5. The molecule has 95 heavy (non-hydrogen) atoms. The Kier molecular flexibility index (Phi) is 27.1. The van der Waals surface area contributed by atoms with Crippen molar-refractivity contribution in [3.05, 3.63) is 0 Å². The normalized spacial score (nSPS) is 35.3. The van der Waals surface area contributed by atoms with Gasteiger partial charge in [0, 0.05) is 11.5 Å². The third-order valence-electron chi connectivity index (χ3n) is 29.4. The van der Waals surface area contributed by atoms with E-state index in [0.717, 1.165) is 98.7 Å². The van der Waals surface area contributed by atoms with Crippen molar-refractivity contribution < 1.29 is 52.8 Å². The molecule has 13 aliphatic rings. The molecule has 13 saturated carbocycles. The molecule has 1 spiro atoms. The van der Waals surface area contributed by atoms with Gasteiger partial charge < -0.3 is 34.1 Å². The van der Waals surface area contributed by atoms with Crippen LogP contribution in [0.15, 0.2) is 0 Å². The maximum absolute atomic E-state index is 12.4. The van der Waals surface area contributed by atoms with Crippen molar-refractivity contribution in [3.8, 4) is 0 Å². The summed E-state index contributed by atoms with van der Waals surface area (Å²) in [5.74, 6) is 8.50. The summed E-state index contributed by atoms with van der Waals surface area (Å²) in [6.07, 6.45) is 31.6. The van der Waals surface area contributed by atoms with E-state index in [4.69, 9.17) is 18.9 Å². The molecule has 12 unspecified atom stereocenters. The van der Waals surface area contributed by atoms with Gasteiger partial charge in [0.1, 0.15) is 18.8 Å². The molecule has 12 nitrogen and oxygen atoms in total. The van der Waals surface area contributed by atoms with Crippen molar-refractivity contribution in [3.63, 3.8) is 0 Å². The average molecular weight is 1340 g/mol. The fourth-order valence-electron chi connectivity index (χ4n) is 18.9. The van der Waals surface area contributed by atoms with Gasteiger partial charge in [-0.25, -0.2) is 0 Å². The van der Waals surface area contributed by atoms with Gasteiger partial charge in [-0.1, -0.05) is 155 Å². The zero-order chi connectivity index (χ0) is 71.5. The van der Waals surface area contributed by atoms with E-state index in [9.17, 15) is 29.1 Å². The molecule has 2 N–H and O–H groups in total. The SMILES string of the molecule is C1CCC2(CC1)CC2.CCC(C)(C)C(=O)N[C@@H]1CC2C[C@H](C1C)C2(C)C.CCC(C)(C)C(=O)OC.CCC(C)(C)C(=O)OC1CC2CCCC3CCCC1C32.CCC(C)(C)C(=O)OC1C[C@]2(C(C)C)CC2C1C.CCC(C)(C)C(=O)OCCOC1CC2C[C@@H](C2(C)C)[C@]1(C)O. The van der Waals surface area contributed by atoms with Gasteiger partial charge in [0.15, 0.2) is 0 Å². The van der Waals surface area contributed by atoms with Gasteiger partial charge in [-0.05, 0) is 264 Å². The van der Waals surface area contributed by atoms with E-state index < -0.39 is 11.0 Å². The van der Waals surface area contributed by atoms with Crippen LogP contribution < -0.4 is 5.32 Å². The lowest BCUT2D eigenvalue weighted by atomic mass is 9.43. The highest BCUT2D eigenvalue weighted by atomic mass is 16.6. The predicted octanol–water partition coefficient (Wildman–Crippen LogP) is 19.7. The van der Waals surface area contributed by atoms with Gasteiger partial charge in [0.2, 0.25) is 5.91 Å². The Hall–Kier alpha value is -2.73. The Morgan fingerprint density at radius 1 is 0.526 bits per heavy atom. The van der Waals surface area contributed by atoms with E-state index >= 15 is 0 Å². The summed E-state index contributed by atoms with van der Waals surface area (Å²) in [6.45, 7) is 50.8. The van der Waals surface area contributed by atoms with Gasteiger partial charge in [0.05, 0.1) is 47.1 Å². The number of amides is 1. The fraction of sp³-hybridized carbons (Fsp3) is 0.940. The molecule has 0 radical (unpaired) electrons. The van der Waals surface area contributed by atoms with Crippen LogP contribution in [0.25, 0.3) is 0 Å². The molecule has 13 rings (SSSR count). The van der Waals surface area contributed by atoms with Crippen LogP contribution in [-0.4, -0.2) is 85.2 Å². The van der Waals surface area contributed by atoms with Crippen molar-refractivity contribution >= 4 is 29.8 Å². The van der Waals surface area contributed by atoms with E-state index in [-0.39, 0.29) is 81.8 Å². The van der Waals surface area contributed by atoms with Crippen LogP contribution >= 0.6 is 0 Å². The first-order chi connectivity index (χ1) is 44.0. The number of fused-ring (bicyclic) bond motifs is 5. The Labute approximate surface area is 581 Å². The topological polar surface area (TPSA) is 164 Å². The molecule has 0 aromatic rings. The number of nitrogens with one attached hydrogen (secondary N) is 1. The quantitative estimate of drug-likeness (QED) is 0.0763. The van der Waals surface area contributed by atoms with Gasteiger partial charge in [-0.15, -0.1) is 0 Å². The average Bonchev–Trinajstić information content (AvgIpc) is 1.69. The molecular weight excluding hydrogens is 1190 g/mol. The number of rotatable bonds is 18. The summed E-state index contributed by atoms with van der Waals surface area (Å²) in [6, 6.07) is 0.403. The van der Waals surface area contributed by atoms with Gasteiger partial charge in [-0.3, -0.25) is 24.0 Å². The maximum Gasteiger partial charge on any atom is 0.311 e. The molecule has 12 heteroatoms. The first-order valence-corrected chi connectivity index (χ1v) is 39.3. The first kappa shape index (κ1) is 81.2. The zero-order valence-electron chi connectivity index (χ0n) is 65.9. The van der Waals surface area contributed by atoms with Crippen molar-refractivity contribution in [1.82, 2.24) is 5.32 Å². The highest BCUT2D eigenvalue weighted by molar-refractivity contribution is 5.82. The Morgan fingerprint density at radius 3 is 1.48 bits per heavy atom. The molecule has 0 saturated heterocycles. The molecule has 0 aromatic carbocycles. The lowest BCUT2D eigenvalue weighted by Gasteiger charge is -2.64. The highest BCUT2D eigenvalue weighted by Gasteiger charge is 2.66. The van der Waals surface area contributed by atoms with Crippen LogP contribution in [-0.2, 0) is 47.7 Å². The summed E-state index contributed by atoms with van der Waals surface area (Å²) in [5, 5.41) is 14.1. The molecule has 0 aromatic heterocycles. The monoisotopic (exact) mass is 1330 g/mol. The number of hydrogen-bond acceptors (Lipinski definition) is 11. The summed E-state index contributed by atoms with van der Waals surface area (Å²) in [7, 11) is 1.42. The van der Waals surface area contributed by atoms with Crippen LogP contribution in [0.3, 0.4) is 0 Å². The molecule has 13 aliphatic carbocycles. The summed E-state index contributed by atoms with van der Waals surface area (Å²) >= 11 is 0. The molecule has 0 aliphatic heterocycles. The van der Waals surface area contributed by atoms with Crippen LogP contribution in [0.2, 0.25) is 0 Å². The van der Waals surface area contributed by atoms with E-state index in [1.807, 2.05) is 96.9 Å². The zero-order valence-corrected chi connectivity index (χ0v) is 65.9. The van der Waals surface area contributed by atoms with Crippen molar-refractivity contribution in [2.75, 3.05) is 20.3 Å². The van der Waals surface area contributed by atoms with E-state index in [2.05, 4.69) is 79.3 Å². The Balaban J connectivity index is 0.000000185. The fourth-order valence-corrected chi connectivity index (χ4v) is 18.9. The Morgan fingerprint density at radius 2 is 1.03 bits per heavy atom. The molecule has 4 bridgehead atoms. The Bertz CT molecular complexity index is 2500. The number of aliphatic hydroxyl groups is 1. The van der Waals surface area contributed by atoms with Crippen molar-refractivity contribution in [1.29, 1.82) is 0 Å². The molecule has 1 amide bonds. The van der Waals surface area contributed by atoms with Gasteiger partial charge in [-0.2, -0.15) is 0 Å². The van der Waals surface area contributed by atoms with E-state index in [1.54, 1.807) is 25.7 Å². The van der Waals surface area contributed by atoms with E-state index in [1.165, 1.54) is 84.2 Å². The van der Waals surface area contributed by atoms with Crippen LogP contribution in [0.5, 0.6) is 0 Å². The summed E-state index contributed by atoms with van der Waals surface area (Å²) in [4.78, 5) is 59.6.